The summed E-state index contributed by atoms with van der Waals surface area (Å²) in [4.78, 5) is 4.60. The fraction of sp³-hybridized carbons (Fsp3) is 0.462. The number of para-hydroxylation sites is 1. The topological polar surface area (TPSA) is 31.4 Å². The SMILES string of the molecule is CC1(C)COB(Cc2nc3ccccc3s2)OC1. The molecule has 1 aromatic carbocycles. The smallest absolute Gasteiger partial charge is 0.410 e. The Balaban J connectivity index is 1.69. The van der Waals surface area contributed by atoms with Gasteiger partial charge in [0.1, 0.15) is 0 Å². The zero-order valence-corrected chi connectivity index (χ0v) is 11.5. The van der Waals surface area contributed by atoms with Crippen molar-refractivity contribution in [3.8, 4) is 0 Å². The molecule has 3 rings (SSSR count). The van der Waals surface area contributed by atoms with Gasteiger partial charge >= 0.3 is 7.12 Å². The van der Waals surface area contributed by atoms with E-state index in [1.54, 1.807) is 11.3 Å². The molecule has 5 heteroatoms. The zero-order chi connectivity index (χ0) is 12.6. The lowest BCUT2D eigenvalue weighted by atomic mass is 9.80. The molecule has 94 valence electrons. The van der Waals surface area contributed by atoms with E-state index in [0.29, 0.717) is 0 Å². The number of hydrogen-bond donors (Lipinski definition) is 0. The highest BCUT2D eigenvalue weighted by molar-refractivity contribution is 7.18. The van der Waals surface area contributed by atoms with E-state index in [0.717, 1.165) is 30.1 Å². The largest absolute Gasteiger partial charge is 0.464 e. The highest BCUT2D eigenvalue weighted by Gasteiger charge is 2.32. The molecule has 1 fully saturated rings. The predicted molar refractivity (Wildman–Crippen MR) is 74.8 cm³/mol. The van der Waals surface area contributed by atoms with Crippen LogP contribution in [0.2, 0.25) is 0 Å². The first-order valence-electron chi connectivity index (χ1n) is 6.20. The van der Waals surface area contributed by atoms with Crippen LogP contribution in [0.4, 0.5) is 0 Å². The van der Waals surface area contributed by atoms with E-state index in [4.69, 9.17) is 9.31 Å². The Morgan fingerprint density at radius 3 is 2.72 bits per heavy atom. The molecule has 0 saturated carbocycles. The summed E-state index contributed by atoms with van der Waals surface area (Å²) in [7, 11) is -0.140. The van der Waals surface area contributed by atoms with Crippen LogP contribution in [-0.4, -0.2) is 25.3 Å². The summed E-state index contributed by atoms with van der Waals surface area (Å²) < 4.78 is 12.7. The van der Waals surface area contributed by atoms with Crippen LogP contribution in [0.5, 0.6) is 0 Å². The minimum atomic E-state index is -0.140. The molecule has 3 nitrogen and oxygen atoms in total. The fourth-order valence-corrected chi connectivity index (χ4v) is 2.98. The van der Waals surface area contributed by atoms with Crippen LogP contribution in [-0.2, 0) is 15.6 Å². The first kappa shape index (κ1) is 12.1. The van der Waals surface area contributed by atoms with Gasteiger partial charge in [0.2, 0.25) is 0 Å². The highest BCUT2D eigenvalue weighted by atomic mass is 32.1. The van der Waals surface area contributed by atoms with Crippen molar-refractivity contribution in [2.75, 3.05) is 13.2 Å². The molecule has 0 aliphatic carbocycles. The molecule has 1 aliphatic rings. The van der Waals surface area contributed by atoms with Crippen molar-refractivity contribution in [2.45, 2.75) is 20.2 Å². The van der Waals surface area contributed by atoms with E-state index in [1.165, 1.54) is 4.70 Å². The summed E-state index contributed by atoms with van der Waals surface area (Å²) in [5, 5.41) is 1.08. The summed E-state index contributed by atoms with van der Waals surface area (Å²) in [6.07, 6.45) is 0.745. The highest BCUT2D eigenvalue weighted by Crippen LogP contribution is 2.26. The van der Waals surface area contributed by atoms with Gasteiger partial charge in [-0.05, 0) is 12.1 Å². The zero-order valence-electron chi connectivity index (χ0n) is 10.7. The standard InChI is InChI=1S/C13H16BNO2S/c1-13(2)8-16-14(17-9-13)7-12-15-10-5-3-4-6-11(10)18-12/h3-6H,7-9H2,1-2H3. The van der Waals surface area contributed by atoms with Crippen molar-refractivity contribution in [1.82, 2.24) is 4.98 Å². The third kappa shape index (κ3) is 2.58. The average molecular weight is 261 g/mol. The van der Waals surface area contributed by atoms with Crippen molar-refractivity contribution in [1.29, 1.82) is 0 Å². The molecule has 2 aromatic rings. The summed E-state index contributed by atoms with van der Waals surface area (Å²) in [6.45, 7) is 5.81. The lowest BCUT2D eigenvalue weighted by molar-refractivity contribution is 0.0278. The number of nitrogens with zero attached hydrogens (tertiary/aromatic N) is 1. The molecular weight excluding hydrogens is 245 g/mol. The maximum absolute atomic E-state index is 5.74. The number of fused-ring (bicyclic) bond motifs is 1. The average Bonchev–Trinajstić information content (AvgIpc) is 2.74. The molecule has 2 heterocycles. The lowest BCUT2D eigenvalue weighted by Crippen LogP contribution is -2.41. The minimum Gasteiger partial charge on any atom is -0.410 e. The van der Waals surface area contributed by atoms with Gasteiger partial charge in [0.25, 0.3) is 0 Å². The van der Waals surface area contributed by atoms with Crippen molar-refractivity contribution >= 4 is 28.7 Å². The maximum atomic E-state index is 5.74. The molecule has 1 aliphatic heterocycles. The second kappa shape index (κ2) is 4.65. The molecule has 0 amide bonds. The Hall–Kier alpha value is -0.905. The van der Waals surface area contributed by atoms with E-state index in [2.05, 4.69) is 24.9 Å². The fourth-order valence-electron chi connectivity index (χ4n) is 1.99. The number of hydrogen-bond acceptors (Lipinski definition) is 4. The van der Waals surface area contributed by atoms with Gasteiger partial charge in [-0.15, -0.1) is 11.3 Å². The molecule has 1 aromatic heterocycles. The van der Waals surface area contributed by atoms with Gasteiger partial charge in [-0.2, -0.15) is 0 Å². The van der Waals surface area contributed by atoms with Crippen molar-refractivity contribution in [2.24, 2.45) is 5.41 Å². The normalized spacial score (nSPS) is 19.3. The summed E-state index contributed by atoms with van der Waals surface area (Å²) in [5.41, 5.74) is 1.19. The molecule has 0 radical (unpaired) electrons. The van der Waals surface area contributed by atoms with E-state index in [1.807, 2.05) is 18.2 Å². The number of aromatic nitrogens is 1. The quantitative estimate of drug-likeness (QED) is 0.779. The van der Waals surface area contributed by atoms with Crippen LogP contribution in [0.1, 0.15) is 18.9 Å². The van der Waals surface area contributed by atoms with Gasteiger partial charge in [-0.3, -0.25) is 0 Å². The number of rotatable bonds is 2. The summed E-state index contributed by atoms with van der Waals surface area (Å²) in [5.74, 6) is 0. The minimum absolute atomic E-state index is 0.129. The van der Waals surface area contributed by atoms with E-state index < -0.39 is 0 Å². The van der Waals surface area contributed by atoms with Gasteiger partial charge in [-0.1, -0.05) is 26.0 Å². The van der Waals surface area contributed by atoms with Crippen LogP contribution < -0.4 is 0 Å². The van der Waals surface area contributed by atoms with Crippen LogP contribution >= 0.6 is 11.3 Å². The predicted octanol–water partition coefficient (Wildman–Crippen LogP) is 2.94. The van der Waals surface area contributed by atoms with Gasteiger partial charge in [0.05, 0.1) is 15.2 Å². The summed E-state index contributed by atoms with van der Waals surface area (Å²) >= 11 is 1.72. The number of thiazole rings is 1. The Labute approximate surface area is 111 Å². The second-order valence-electron chi connectivity index (χ2n) is 5.50. The van der Waals surface area contributed by atoms with Crippen molar-refractivity contribution in [3.05, 3.63) is 29.3 Å². The third-order valence-electron chi connectivity index (χ3n) is 3.00. The third-order valence-corrected chi connectivity index (χ3v) is 4.06. The maximum Gasteiger partial charge on any atom is 0.464 e. The van der Waals surface area contributed by atoms with Gasteiger partial charge < -0.3 is 9.31 Å². The number of benzene rings is 1. The molecule has 18 heavy (non-hydrogen) atoms. The molecule has 0 unspecified atom stereocenters. The lowest BCUT2D eigenvalue weighted by Gasteiger charge is -2.32. The molecular formula is C13H16BNO2S. The van der Waals surface area contributed by atoms with Crippen LogP contribution in [0.15, 0.2) is 24.3 Å². The monoisotopic (exact) mass is 261 g/mol. The molecule has 0 atom stereocenters. The van der Waals surface area contributed by atoms with Crippen molar-refractivity contribution in [3.63, 3.8) is 0 Å². The second-order valence-corrected chi connectivity index (χ2v) is 6.61. The van der Waals surface area contributed by atoms with E-state index in [-0.39, 0.29) is 12.5 Å². The van der Waals surface area contributed by atoms with Crippen LogP contribution in [0.3, 0.4) is 0 Å². The Kier molecular flexibility index (Phi) is 3.13. The van der Waals surface area contributed by atoms with E-state index >= 15 is 0 Å². The Bertz CT molecular complexity index is 512. The van der Waals surface area contributed by atoms with Gasteiger partial charge in [0, 0.05) is 24.9 Å². The first-order valence-corrected chi connectivity index (χ1v) is 7.02. The molecule has 1 saturated heterocycles. The Morgan fingerprint density at radius 1 is 1.28 bits per heavy atom. The summed E-state index contributed by atoms with van der Waals surface area (Å²) in [6, 6.07) is 8.20. The molecule has 0 spiro atoms. The molecule has 0 bridgehead atoms. The molecule has 0 N–H and O–H groups in total. The van der Waals surface area contributed by atoms with Crippen LogP contribution in [0.25, 0.3) is 10.2 Å². The Morgan fingerprint density at radius 2 is 2.00 bits per heavy atom. The van der Waals surface area contributed by atoms with Crippen molar-refractivity contribution < 1.29 is 9.31 Å². The van der Waals surface area contributed by atoms with Gasteiger partial charge in [-0.25, -0.2) is 4.98 Å². The first-order chi connectivity index (χ1) is 8.62. The van der Waals surface area contributed by atoms with Crippen LogP contribution in [0, 0.1) is 5.41 Å². The van der Waals surface area contributed by atoms with Gasteiger partial charge in [0.15, 0.2) is 0 Å². The van der Waals surface area contributed by atoms with E-state index in [9.17, 15) is 0 Å².